The van der Waals surface area contributed by atoms with Crippen LogP contribution in [0.1, 0.15) is 23.6 Å². The van der Waals surface area contributed by atoms with Crippen LogP contribution in [0.4, 0.5) is 0 Å². The number of benzene rings is 2. The first-order valence-corrected chi connectivity index (χ1v) is 6.63. The van der Waals surface area contributed by atoms with Gasteiger partial charge >= 0.3 is 0 Å². The molecule has 0 unspecified atom stereocenters. The Hall–Kier alpha value is -3.10. The molecule has 0 aliphatic carbocycles. The van der Waals surface area contributed by atoms with Gasteiger partial charge in [0.2, 0.25) is 0 Å². The van der Waals surface area contributed by atoms with E-state index < -0.39 is 0 Å². The number of nitrogens with zero attached hydrogens (tertiary/aromatic N) is 2. The highest BCUT2D eigenvalue weighted by molar-refractivity contribution is 5.95. The summed E-state index contributed by atoms with van der Waals surface area (Å²) in [5, 5.41) is 18.7. The second-order valence-corrected chi connectivity index (χ2v) is 4.44. The molecule has 100 valence electrons. The van der Waals surface area contributed by atoms with E-state index in [2.05, 4.69) is 12.1 Å². The Labute approximate surface area is 124 Å². The van der Waals surface area contributed by atoms with Crippen LogP contribution in [0.25, 0.3) is 17.2 Å². The molecule has 0 fully saturated rings. The molecule has 0 heterocycles. The highest BCUT2D eigenvalue weighted by Crippen LogP contribution is 2.26. The zero-order valence-corrected chi connectivity index (χ0v) is 11.7. The van der Waals surface area contributed by atoms with Crippen molar-refractivity contribution >= 4 is 17.2 Å². The summed E-state index contributed by atoms with van der Waals surface area (Å²) in [4.78, 5) is 0. The van der Waals surface area contributed by atoms with E-state index in [1.165, 1.54) is 0 Å². The third-order valence-electron chi connectivity index (χ3n) is 3.15. The molecule has 0 bridgehead atoms. The molecule has 0 atom stereocenters. The van der Waals surface area contributed by atoms with Gasteiger partial charge < -0.3 is 0 Å². The van der Waals surface area contributed by atoms with E-state index in [0.717, 1.165) is 16.7 Å². The van der Waals surface area contributed by atoms with Crippen LogP contribution in [0.5, 0.6) is 0 Å². The summed E-state index contributed by atoms with van der Waals surface area (Å²) >= 11 is 0. The van der Waals surface area contributed by atoms with E-state index in [1.54, 1.807) is 6.08 Å². The molecule has 0 saturated carbocycles. The molecule has 2 heteroatoms. The first kappa shape index (κ1) is 14.3. The van der Waals surface area contributed by atoms with E-state index in [1.807, 2.05) is 67.6 Å². The van der Waals surface area contributed by atoms with Gasteiger partial charge in [0.1, 0.15) is 0 Å². The summed E-state index contributed by atoms with van der Waals surface area (Å²) in [6.07, 6.45) is 3.60. The number of nitriles is 2. The molecule has 0 radical (unpaired) electrons. The highest BCUT2D eigenvalue weighted by atomic mass is 14.3. The topological polar surface area (TPSA) is 47.6 Å². The molecule has 0 spiro atoms. The maximum atomic E-state index is 9.47. The van der Waals surface area contributed by atoms with Crippen molar-refractivity contribution in [2.75, 3.05) is 0 Å². The highest BCUT2D eigenvalue weighted by Gasteiger charge is 2.10. The Morgan fingerprint density at radius 1 is 0.810 bits per heavy atom. The largest absolute Gasteiger partial charge is 0.192 e. The average Bonchev–Trinajstić information content (AvgIpc) is 2.55. The van der Waals surface area contributed by atoms with Gasteiger partial charge in [-0.1, -0.05) is 60.7 Å². The lowest BCUT2D eigenvalue weighted by atomic mass is 9.94. The molecule has 2 aromatic carbocycles. The van der Waals surface area contributed by atoms with Gasteiger partial charge in [0, 0.05) is 11.1 Å². The van der Waals surface area contributed by atoms with Crippen molar-refractivity contribution in [1.29, 1.82) is 10.5 Å². The maximum Gasteiger partial charge on any atom is 0.0998 e. The van der Waals surface area contributed by atoms with Crippen molar-refractivity contribution in [2.24, 2.45) is 0 Å². The fourth-order valence-corrected chi connectivity index (χ4v) is 2.12. The quantitative estimate of drug-likeness (QED) is 0.600. The normalized spacial score (nSPS) is 11.6. The molecular weight excluding hydrogens is 256 g/mol. The van der Waals surface area contributed by atoms with Crippen LogP contribution < -0.4 is 0 Å². The lowest BCUT2D eigenvalue weighted by molar-refractivity contribution is 1.48. The molecule has 0 aliphatic rings. The van der Waals surface area contributed by atoms with Gasteiger partial charge in [-0.2, -0.15) is 10.5 Å². The Bertz CT molecular complexity index is 769. The summed E-state index contributed by atoms with van der Waals surface area (Å²) in [6, 6.07) is 21.6. The van der Waals surface area contributed by atoms with Crippen molar-refractivity contribution in [2.45, 2.75) is 6.92 Å². The summed E-state index contributed by atoms with van der Waals surface area (Å²) in [5.74, 6) is 0. The van der Waals surface area contributed by atoms with E-state index in [9.17, 15) is 10.5 Å². The van der Waals surface area contributed by atoms with Gasteiger partial charge in [-0.15, -0.1) is 0 Å². The third-order valence-corrected chi connectivity index (χ3v) is 3.15. The van der Waals surface area contributed by atoms with Gasteiger partial charge in [-0.25, -0.2) is 0 Å². The maximum absolute atomic E-state index is 9.47. The second kappa shape index (κ2) is 6.89. The number of hydrogen-bond donors (Lipinski definition) is 0. The van der Waals surface area contributed by atoms with Crippen LogP contribution >= 0.6 is 0 Å². The van der Waals surface area contributed by atoms with Crippen molar-refractivity contribution in [3.8, 4) is 12.1 Å². The van der Waals surface area contributed by atoms with Crippen molar-refractivity contribution < 1.29 is 0 Å². The number of rotatable bonds is 3. The predicted octanol–water partition coefficient (Wildman–Crippen LogP) is 4.68. The van der Waals surface area contributed by atoms with Crippen LogP contribution in [0.3, 0.4) is 0 Å². The molecule has 0 amide bonds. The Kier molecular flexibility index (Phi) is 4.70. The smallest absolute Gasteiger partial charge is 0.0998 e. The summed E-state index contributed by atoms with van der Waals surface area (Å²) in [6.45, 7) is 1.82. The van der Waals surface area contributed by atoms with E-state index in [-0.39, 0.29) is 0 Å². The molecular formula is C19H14N2. The van der Waals surface area contributed by atoms with Gasteiger partial charge in [-0.3, -0.25) is 0 Å². The van der Waals surface area contributed by atoms with Crippen LogP contribution in [0.2, 0.25) is 0 Å². The Balaban J connectivity index is 2.58. The zero-order valence-electron chi connectivity index (χ0n) is 11.7. The minimum atomic E-state index is 0.548. The van der Waals surface area contributed by atoms with Crippen molar-refractivity contribution in [3.63, 3.8) is 0 Å². The minimum absolute atomic E-state index is 0.548. The van der Waals surface area contributed by atoms with Gasteiger partial charge in [0.15, 0.2) is 0 Å². The van der Waals surface area contributed by atoms with Gasteiger partial charge in [0.05, 0.1) is 23.3 Å². The predicted molar refractivity (Wildman–Crippen MR) is 85.6 cm³/mol. The minimum Gasteiger partial charge on any atom is -0.192 e. The van der Waals surface area contributed by atoms with E-state index in [0.29, 0.717) is 11.1 Å². The zero-order chi connectivity index (χ0) is 15.1. The molecule has 0 N–H and O–H groups in total. The molecule has 21 heavy (non-hydrogen) atoms. The standard InChI is InChI=1S/C19H14N2/c1-2-16(13-20)18-10-6-7-11-19(18)17(14-21)12-15-8-4-3-5-9-15/h2-12H,1H3/b16-2+,17-12-. The Morgan fingerprint density at radius 3 is 1.86 bits per heavy atom. The Morgan fingerprint density at radius 2 is 1.33 bits per heavy atom. The van der Waals surface area contributed by atoms with E-state index >= 15 is 0 Å². The van der Waals surface area contributed by atoms with Crippen LogP contribution in [0.15, 0.2) is 60.7 Å². The van der Waals surface area contributed by atoms with Gasteiger partial charge in [-0.05, 0) is 18.6 Å². The molecule has 2 aromatic rings. The average molecular weight is 270 g/mol. The summed E-state index contributed by atoms with van der Waals surface area (Å²) in [5.41, 5.74) is 3.64. The molecule has 2 rings (SSSR count). The first-order chi connectivity index (χ1) is 10.3. The fourth-order valence-electron chi connectivity index (χ4n) is 2.12. The lowest BCUT2D eigenvalue weighted by Gasteiger charge is -2.07. The molecule has 0 aromatic heterocycles. The fraction of sp³-hybridized carbons (Fsp3) is 0.0526. The van der Waals surface area contributed by atoms with E-state index in [4.69, 9.17) is 0 Å². The summed E-state index contributed by atoms with van der Waals surface area (Å²) in [7, 11) is 0. The summed E-state index contributed by atoms with van der Waals surface area (Å²) < 4.78 is 0. The molecule has 0 aliphatic heterocycles. The van der Waals surface area contributed by atoms with Crippen LogP contribution in [-0.4, -0.2) is 0 Å². The first-order valence-electron chi connectivity index (χ1n) is 6.63. The molecule has 2 nitrogen and oxygen atoms in total. The number of hydrogen-bond acceptors (Lipinski definition) is 2. The van der Waals surface area contributed by atoms with Crippen LogP contribution in [0, 0.1) is 22.7 Å². The lowest BCUT2D eigenvalue weighted by Crippen LogP contribution is -1.91. The van der Waals surface area contributed by atoms with Crippen molar-refractivity contribution in [3.05, 3.63) is 77.4 Å². The van der Waals surface area contributed by atoms with Crippen LogP contribution in [-0.2, 0) is 0 Å². The van der Waals surface area contributed by atoms with Gasteiger partial charge in [0.25, 0.3) is 0 Å². The monoisotopic (exact) mass is 270 g/mol. The SMILES string of the molecule is C/C=C(\C#N)c1ccccc1/C(C#N)=C\c1ccccc1. The third kappa shape index (κ3) is 3.26. The second-order valence-electron chi connectivity index (χ2n) is 4.44. The molecule has 0 saturated heterocycles. The van der Waals surface area contributed by atoms with Crippen molar-refractivity contribution in [1.82, 2.24) is 0 Å². The number of allylic oxidation sites excluding steroid dienone is 3.